The zero-order chi connectivity index (χ0) is 15.5. The molecule has 3 rings (SSSR count). The van der Waals surface area contributed by atoms with Crippen molar-refractivity contribution in [2.75, 3.05) is 14.2 Å². The van der Waals surface area contributed by atoms with Crippen LogP contribution in [0.25, 0.3) is 10.9 Å². The zero-order valence-corrected chi connectivity index (χ0v) is 13.1. The van der Waals surface area contributed by atoms with Gasteiger partial charge in [-0.3, -0.25) is 0 Å². The first kappa shape index (κ1) is 14.6. The minimum atomic E-state index is 0.414. The second kappa shape index (κ2) is 6.20. The van der Waals surface area contributed by atoms with Crippen LogP contribution >= 0.6 is 11.6 Å². The maximum absolute atomic E-state index is 6.31. The predicted octanol–water partition coefficient (Wildman–Crippen LogP) is 3.89. The van der Waals surface area contributed by atoms with Gasteiger partial charge < -0.3 is 9.47 Å². The van der Waals surface area contributed by atoms with Crippen molar-refractivity contribution in [3.63, 3.8) is 0 Å². The molecule has 1 heterocycles. The number of benzene rings is 2. The van der Waals surface area contributed by atoms with E-state index in [2.05, 4.69) is 9.97 Å². The van der Waals surface area contributed by atoms with Gasteiger partial charge in [0.05, 0.1) is 19.7 Å². The molecule has 3 aromatic rings. The van der Waals surface area contributed by atoms with E-state index < -0.39 is 0 Å². The largest absolute Gasteiger partial charge is 0.493 e. The summed E-state index contributed by atoms with van der Waals surface area (Å²) in [4.78, 5) is 8.97. The highest BCUT2D eigenvalue weighted by Gasteiger charge is 2.12. The molecule has 0 atom stereocenters. The van der Waals surface area contributed by atoms with Crippen molar-refractivity contribution in [3.05, 3.63) is 59.0 Å². The van der Waals surface area contributed by atoms with Crippen LogP contribution in [0, 0.1) is 0 Å². The fourth-order valence-electron chi connectivity index (χ4n) is 2.32. The normalized spacial score (nSPS) is 10.7. The summed E-state index contributed by atoms with van der Waals surface area (Å²) in [5.41, 5.74) is 1.88. The molecule has 0 aliphatic carbocycles. The fraction of sp³-hybridized carbons (Fsp3) is 0.176. The van der Waals surface area contributed by atoms with Gasteiger partial charge in [-0.25, -0.2) is 9.97 Å². The third kappa shape index (κ3) is 2.83. The number of nitrogens with zero attached hydrogens (tertiary/aromatic N) is 2. The standard InChI is InChI=1S/C17H15ClN2O2/c1-21-14-9-12-13(10-15(14)22-2)19-16(20-17(12)18)8-11-6-4-3-5-7-11/h3-7,9-10H,8H2,1-2H3. The molecule has 0 saturated heterocycles. The lowest BCUT2D eigenvalue weighted by Crippen LogP contribution is -1.99. The summed E-state index contributed by atoms with van der Waals surface area (Å²) in [5, 5.41) is 1.16. The molecule has 0 bridgehead atoms. The third-order valence-electron chi connectivity index (χ3n) is 3.41. The molecule has 0 radical (unpaired) electrons. The number of halogens is 1. The number of ether oxygens (including phenoxy) is 2. The SMILES string of the molecule is COc1cc2nc(Cc3ccccc3)nc(Cl)c2cc1OC. The average Bonchev–Trinajstić information content (AvgIpc) is 2.54. The molecule has 22 heavy (non-hydrogen) atoms. The minimum absolute atomic E-state index is 0.414. The van der Waals surface area contributed by atoms with Crippen LogP contribution in [0.4, 0.5) is 0 Å². The maximum atomic E-state index is 6.31. The molecule has 0 fully saturated rings. The Morgan fingerprint density at radius 1 is 0.955 bits per heavy atom. The summed E-state index contributed by atoms with van der Waals surface area (Å²) in [5.74, 6) is 1.91. The Balaban J connectivity index is 2.07. The Morgan fingerprint density at radius 3 is 2.32 bits per heavy atom. The van der Waals surface area contributed by atoms with Crippen molar-refractivity contribution in [3.8, 4) is 11.5 Å². The predicted molar refractivity (Wildman–Crippen MR) is 86.9 cm³/mol. The van der Waals surface area contributed by atoms with Crippen LogP contribution in [-0.2, 0) is 6.42 Å². The smallest absolute Gasteiger partial charge is 0.162 e. The van der Waals surface area contributed by atoms with E-state index in [-0.39, 0.29) is 0 Å². The number of hydrogen-bond donors (Lipinski definition) is 0. The van der Waals surface area contributed by atoms with Crippen molar-refractivity contribution in [2.45, 2.75) is 6.42 Å². The van der Waals surface area contributed by atoms with Crippen molar-refractivity contribution in [1.29, 1.82) is 0 Å². The van der Waals surface area contributed by atoms with Crippen molar-refractivity contribution < 1.29 is 9.47 Å². The molecule has 0 saturated carbocycles. The van der Waals surface area contributed by atoms with E-state index in [1.54, 1.807) is 20.3 Å². The summed E-state index contributed by atoms with van der Waals surface area (Å²) >= 11 is 6.31. The molecular formula is C17H15ClN2O2. The molecule has 0 aliphatic heterocycles. The Hall–Kier alpha value is -2.33. The van der Waals surface area contributed by atoms with E-state index in [9.17, 15) is 0 Å². The Bertz CT molecular complexity index is 807. The third-order valence-corrected chi connectivity index (χ3v) is 3.69. The minimum Gasteiger partial charge on any atom is -0.493 e. The fourth-order valence-corrected chi connectivity index (χ4v) is 2.57. The van der Waals surface area contributed by atoms with Crippen molar-refractivity contribution in [2.24, 2.45) is 0 Å². The molecule has 0 aliphatic rings. The van der Waals surface area contributed by atoms with Crippen LogP contribution in [0.5, 0.6) is 11.5 Å². The molecule has 4 nitrogen and oxygen atoms in total. The number of aromatic nitrogens is 2. The summed E-state index contributed by atoms with van der Waals surface area (Å²) in [6.45, 7) is 0. The quantitative estimate of drug-likeness (QED) is 0.685. The van der Waals surface area contributed by atoms with E-state index >= 15 is 0 Å². The Morgan fingerprint density at radius 2 is 1.64 bits per heavy atom. The maximum Gasteiger partial charge on any atom is 0.162 e. The van der Waals surface area contributed by atoms with Crippen LogP contribution in [0.15, 0.2) is 42.5 Å². The number of methoxy groups -OCH3 is 2. The highest BCUT2D eigenvalue weighted by Crippen LogP contribution is 2.33. The molecule has 0 spiro atoms. The monoisotopic (exact) mass is 314 g/mol. The topological polar surface area (TPSA) is 44.2 Å². The lowest BCUT2D eigenvalue weighted by molar-refractivity contribution is 0.355. The first-order valence-electron chi connectivity index (χ1n) is 6.83. The lowest BCUT2D eigenvalue weighted by atomic mass is 10.1. The van der Waals surface area contributed by atoms with Crippen LogP contribution in [0.2, 0.25) is 5.15 Å². The first-order valence-corrected chi connectivity index (χ1v) is 7.21. The molecule has 2 aromatic carbocycles. The van der Waals surface area contributed by atoms with Crippen LogP contribution in [0.3, 0.4) is 0 Å². The second-order valence-corrected chi connectivity index (χ2v) is 5.18. The Kier molecular flexibility index (Phi) is 4.11. The van der Waals surface area contributed by atoms with Gasteiger partial charge in [0.1, 0.15) is 11.0 Å². The number of fused-ring (bicyclic) bond motifs is 1. The van der Waals surface area contributed by atoms with E-state index in [1.165, 1.54) is 0 Å². The summed E-state index contributed by atoms with van der Waals surface area (Å²) in [6.07, 6.45) is 0.630. The van der Waals surface area contributed by atoms with Crippen LogP contribution in [0.1, 0.15) is 11.4 Å². The number of hydrogen-bond acceptors (Lipinski definition) is 4. The van der Waals surface area contributed by atoms with Gasteiger partial charge in [0.2, 0.25) is 0 Å². The van der Waals surface area contributed by atoms with Gasteiger partial charge in [0, 0.05) is 17.9 Å². The molecule has 1 aromatic heterocycles. The van der Waals surface area contributed by atoms with Gasteiger partial charge in [0.25, 0.3) is 0 Å². The molecule has 5 heteroatoms. The van der Waals surface area contributed by atoms with E-state index in [0.29, 0.717) is 28.9 Å². The van der Waals surface area contributed by atoms with Gasteiger partial charge >= 0.3 is 0 Å². The van der Waals surface area contributed by atoms with Gasteiger partial charge in [-0.15, -0.1) is 0 Å². The molecule has 0 amide bonds. The van der Waals surface area contributed by atoms with Crippen molar-refractivity contribution >= 4 is 22.5 Å². The van der Waals surface area contributed by atoms with Crippen molar-refractivity contribution in [1.82, 2.24) is 9.97 Å². The van der Waals surface area contributed by atoms with E-state index in [0.717, 1.165) is 16.5 Å². The summed E-state index contributed by atoms with van der Waals surface area (Å²) in [7, 11) is 3.18. The summed E-state index contributed by atoms with van der Waals surface area (Å²) < 4.78 is 10.6. The van der Waals surface area contributed by atoms with Crippen LogP contribution in [-0.4, -0.2) is 24.2 Å². The van der Waals surface area contributed by atoms with Gasteiger partial charge in [-0.2, -0.15) is 0 Å². The molecule has 112 valence electrons. The average molecular weight is 315 g/mol. The van der Waals surface area contributed by atoms with Gasteiger partial charge in [0.15, 0.2) is 11.5 Å². The zero-order valence-electron chi connectivity index (χ0n) is 12.3. The van der Waals surface area contributed by atoms with Gasteiger partial charge in [-0.05, 0) is 11.6 Å². The highest BCUT2D eigenvalue weighted by atomic mass is 35.5. The summed E-state index contributed by atoms with van der Waals surface area (Å²) in [6, 6.07) is 13.7. The first-order chi connectivity index (χ1) is 10.7. The van der Waals surface area contributed by atoms with E-state index in [4.69, 9.17) is 21.1 Å². The number of rotatable bonds is 4. The lowest BCUT2D eigenvalue weighted by Gasteiger charge is -2.10. The molecule has 0 unspecified atom stereocenters. The highest BCUT2D eigenvalue weighted by molar-refractivity contribution is 6.34. The Labute approximate surface area is 133 Å². The molecule has 0 N–H and O–H groups in total. The molecular weight excluding hydrogens is 300 g/mol. The van der Waals surface area contributed by atoms with Gasteiger partial charge in [-0.1, -0.05) is 41.9 Å². The van der Waals surface area contributed by atoms with Crippen LogP contribution < -0.4 is 9.47 Å². The van der Waals surface area contributed by atoms with E-state index in [1.807, 2.05) is 36.4 Å². The second-order valence-electron chi connectivity index (χ2n) is 4.82.